The van der Waals surface area contributed by atoms with Gasteiger partial charge in [0.1, 0.15) is 0 Å². The van der Waals surface area contributed by atoms with Crippen molar-refractivity contribution < 1.29 is 5.02 Å². The molecule has 3 heteroatoms. The first kappa shape index (κ1) is 7.16. The van der Waals surface area contributed by atoms with Crippen molar-refractivity contribution in [2.75, 3.05) is 12.4 Å². The van der Waals surface area contributed by atoms with E-state index in [4.69, 9.17) is 5.02 Å². The van der Waals surface area contributed by atoms with Crippen molar-refractivity contribution in [2.45, 2.75) is 0 Å². The molecule has 0 heterocycles. The van der Waals surface area contributed by atoms with Gasteiger partial charge in [-0.1, -0.05) is 18.2 Å². The molecule has 0 fully saturated rings. The molecule has 0 atom stereocenters. The summed E-state index contributed by atoms with van der Waals surface area (Å²) in [7, 11) is 1.94. The van der Waals surface area contributed by atoms with Gasteiger partial charge in [0, 0.05) is 12.7 Å². The summed E-state index contributed by atoms with van der Waals surface area (Å²) in [6.07, 6.45) is 0. The molecular formula is C7H10BNO. The molecule has 2 N–H and O–H groups in total. The Kier molecular flexibility index (Phi) is 2.34. The Hall–Kier alpha value is -0.955. The summed E-state index contributed by atoms with van der Waals surface area (Å²) in [6.45, 7) is 0. The summed E-state index contributed by atoms with van der Waals surface area (Å²) in [5.74, 6) is 0. The summed E-state index contributed by atoms with van der Waals surface area (Å²) in [5.41, 5.74) is 1.93. The largest absolute Gasteiger partial charge is 0.449 e. The monoisotopic (exact) mass is 135 g/mol. The Labute approximate surface area is 61.2 Å². The van der Waals surface area contributed by atoms with Crippen molar-refractivity contribution in [3.05, 3.63) is 24.3 Å². The van der Waals surface area contributed by atoms with Gasteiger partial charge in [-0.25, -0.2) is 0 Å². The van der Waals surface area contributed by atoms with Crippen molar-refractivity contribution in [3.63, 3.8) is 0 Å². The summed E-state index contributed by atoms with van der Waals surface area (Å²) >= 11 is 0. The lowest BCUT2D eigenvalue weighted by atomic mass is 9.87. The van der Waals surface area contributed by atoms with Crippen LogP contribution in [0.15, 0.2) is 24.3 Å². The van der Waals surface area contributed by atoms with Crippen LogP contribution in [0, 0.1) is 0 Å². The molecule has 2 nitrogen and oxygen atoms in total. The Morgan fingerprint density at radius 3 is 2.60 bits per heavy atom. The molecule has 0 saturated heterocycles. The van der Waals surface area contributed by atoms with Gasteiger partial charge in [-0.05, 0) is 11.5 Å². The van der Waals surface area contributed by atoms with Gasteiger partial charge < -0.3 is 10.3 Å². The summed E-state index contributed by atoms with van der Waals surface area (Å²) in [6, 6.07) is 7.68. The predicted octanol–water partition coefficient (Wildman–Crippen LogP) is -0.303. The molecule has 0 radical (unpaired) electrons. The minimum atomic E-state index is 0.0943. The van der Waals surface area contributed by atoms with E-state index in [0.717, 1.165) is 11.2 Å². The Bertz CT molecular complexity index is 192. The first-order chi connectivity index (χ1) is 4.88. The van der Waals surface area contributed by atoms with E-state index >= 15 is 0 Å². The Balaban J connectivity index is 2.96. The third-order valence-electron chi connectivity index (χ3n) is 1.46. The summed E-state index contributed by atoms with van der Waals surface area (Å²) in [4.78, 5) is 0. The summed E-state index contributed by atoms with van der Waals surface area (Å²) in [5, 5.41) is 11.8. The molecule has 1 aromatic carbocycles. The SMILES string of the molecule is CNc1ccccc1BO. The number of para-hydroxylation sites is 1. The predicted molar refractivity (Wildman–Crippen MR) is 45.0 cm³/mol. The number of anilines is 1. The molecule has 10 heavy (non-hydrogen) atoms. The average molecular weight is 135 g/mol. The second-order valence-corrected chi connectivity index (χ2v) is 2.07. The molecule has 0 spiro atoms. The highest BCUT2D eigenvalue weighted by Crippen LogP contribution is 1.99. The molecule has 0 aromatic heterocycles. The fraction of sp³-hybridized carbons (Fsp3) is 0.143. The zero-order valence-corrected chi connectivity index (χ0v) is 5.96. The minimum absolute atomic E-state index is 0.0943. The lowest BCUT2D eigenvalue weighted by Gasteiger charge is -2.03. The zero-order valence-electron chi connectivity index (χ0n) is 5.96. The van der Waals surface area contributed by atoms with Crippen LogP contribution in [0.1, 0.15) is 0 Å². The molecule has 0 amide bonds. The maximum atomic E-state index is 8.81. The van der Waals surface area contributed by atoms with Gasteiger partial charge in [0.25, 0.3) is 0 Å². The van der Waals surface area contributed by atoms with Gasteiger partial charge in [-0.15, -0.1) is 0 Å². The smallest absolute Gasteiger partial charge is 0.306 e. The molecule has 1 rings (SSSR count). The van der Waals surface area contributed by atoms with E-state index in [-0.39, 0.29) is 7.48 Å². The van der Waals surface area contributed by atoms with Gasteiger partial charge in [0.15, 0.2) is 0 Å². The number of benzene rings is 1. The Morgan fingerprint density at radius 2 is 2.10 bits per heavy atom. The van der Waals surface area contributed by atoms with Gasteiger partial charge in [0.05, 0.1) is 0 Å². The van der Waals surface area contributed by atoms with Crippen LogP contribution in [0.2, 0.25) is 0 Å². The highest BCUT2D eigenvalue weighted by molar-refractivity contribution is 6.48. The van der Waals surface area contributed by atoms with E-state index in [1.807, 2.05) is 31.3 Å². The lowest BCUT2D eigenvalue weighted by molar-refractivity contribution is 0.615. The van der Waals surface area contributed by atoms with Crippen LogP contribution < -0.4 is 10.8 Å². The third kappa shape index (κ3) is 1.31. The van der Waals surface area contributed by atoms with E-state index in [9.17, 15) is 0 Å². The number of hydrogen-bond acceptors (Lipinski definition) is 2. The van der Waals surface area contributed by atoms with E-state index in [0.29, 0.717) is 0 Å². The quantitative estimate of drug-likeness (QED) is 0.545. The second kappa shape index (κ2) is 3.27. The zero-order chi connectivity index (χ0) is 7.40. The number of nitrogens with one attached hydrogen (secondary N) is 1. The van der Waals surface area contributed by atoms with Crippen LogP contribution in [0.5, 0.6) is 0 Å². The van der Waals surface area contributed by atoms with Crippen LogP contribution >= 0.6 is 0 Å². The van der Waals surface area contributed by atoms with E-state index in [1.54, 1.807) is 0 Å². The van der Waals surface area contributed by atoms with E-state index in [2.05, 4.69) is 5.32 Å². The lowest BCUT2D eigenvalue weighted by Crippen LogP contribution is -2.17. The molecule has 0 aliphatic rings. The van der Waals surface area contributed by atoms with E-state index < -0.39 is 0 Å². The highest BCUT2D eigenvalue weighted by Gasteiger charge is 1.96. The molecule has 1 aromatic rings. The topological polar surface area (TPSA) is 32.3 Å². The van der Waals surface area contributed by atoms with Crippen molar-refractivity contribution in [1.29, 1.82) is 0 Å². The fourth-order valence-corrected chi connectivity index (χ4v) is 0.902. The third-order valence-corrected chi connectivity index (χ3v) is 1.46. The molecule has 0 aliphatic carbocycles. The normalized spacial score (nSPS) is 9.00. The molecular weight excluding hydrogens is 125 g/mol. The number of hydrogen-bond donors (Lipinski definition) is 2. The van der Waals surface area contributed by atoms with Crippen LogP contribution in [0.4, 0.5) is 5.69 Å². The van der Waals surface area contributed by atoms with Crippen molar-refractivity contribution in [1.82, 2.24) is 0 Å². The first-order valence-corrected chi connectivity index (χ1v) is 3.25. The van der Waals surface area contributed by atoms with Crippen LogP contribution in [-0.2, 0) is 0 Å². The maximum Gasteiger partial charge on any atom is 0.306 e. The summed E-state index contributed by atoms with van der Waals surface area (Å²) < 4.78 is 0. The molecule has 0 saturated carbocycles. The van der Waals surface area contributed by atoms with Crippen molar-refractivity contribution in [3.8, 4) is 0 Å². The molecule has 0 bridgehead atoms. The van der Waals surface area contributed by atoms with Gasteiger partial charge in [0.2, 0.25) is 0 Å². The van der Waals surface area contributed by atoms with Gasteiger partial charge in [-0.2, -0.15) is 0 Å². The first-order valence-electron chi connectivity index (χ1n) is 3.25. The van der Waals surface area contributed by atoms with Crippen LogP contribution in [0.25, 0.3) is 0 Å². The average Bonchev–Trinajstić information content (AvgIpc) is 2.04. The minimum Gasteiger partial charge on any atom is -0.449 e. The highest BCUT2D eigenvalue weighted by atomic mass is 16.2. The van der Waals surface area contributed by atoms with Gasteiger partial charge in [-0.3, -0.25) is 0 Å². The maximum absolute atomic E-state index is 8.81. The van der Waals surface area contributed by atoms with Gasteiger partial charge >= 0.3 is 7.48 Å². The molecule has 0 aliphatic heterocycles. The standard InChI is InChI=1S/C7H10BNO/c1-9-7-5-3-2-4-6(7)8-10/h2-5,8-10H,1H3. The fourth-order valence-electron chi connectivity index (χ4n) is 0.902. The van der Waals surface area contributed by atoms with Crippen LogP contribution in [-0.4, -0.2) is 19.6 Å². The molecule has 0 unspecified atom stereocenters. The Morgan fingerprint density at radius 1 is 1.40 bits per heavy atom. The van der Waals surface area contributed by atoms with E-state index in [1.165, 1.54) is 0 Å². The second-order valence-electron chi connectivity index (χ2n) is 2.07. The van der Waals surface area contributed by atoms with Crippen molar-refractivity contribution in [2.24, 2.45) is 0 Å². The number of rotatable bonds is 2. The van der Waals surface area contributed by atoms with Crippen molar-refractivity contribution >= 4 is 18.6 Å². The van der Waals surface area contributed by atoms with Crippen LogP contribution in [0.3, 0.4) is 0 Å². The molecule has 52 valence electrons.